The Kier molecular flexibility index (Phi) is 11.9. The second-order valence-corrected chi connectivity index (χ2v) is 12.3. The Morgan fingerprint density at radius 2 is 1.68 bits per heavy atom. The number of hydrogen-bond donors (Lipinski definition) is 1. The Bertz CT molecular complexity index is 1440. The summed E-state index contributed by atoms with van der Waals surface area (Å²) in [6.45, 7) is 1.95. The first-order chi connectivity index (χ1) is 19.5. The molecule has 0 fully saturated rings. The second kappa shape index (κ2) is 15.1. The Morgan fingerprint density at radius 3 is 2.32 bits per heavy atom. The number of ether oxygens (including phenoxy) is 1. The minimum atomic E-state index is -3.89. The van der Waals surface area contributed by atoms with Crippen LogP contribution in [-0.2, 0) is 32.6 Å². The first-order valence-corrected chi connectivity index (χ1v) is 15.8. The first kappa shape index (κ1) is 32.2. The molecule has 0 bridgehead atoms. The number of nitrogens with one attached hydrogen (secondary N) is 1. The van der Waals surface area contributed by atoms with E-state index in [9.17, 15) is 18.0 Å². The molecular formula is C30H35Cl2N3O5S. The van der Waals surface area contributed by atoms with E-state index >= 15 is 0 Å². The summed E-state index contributed by atoms with van der Waals surface area (Å²) in [5.74, 6) is -0.451. The van der Waals surface area contributed by atoms with Gasteiger partial charge in [-0.1, -0.05) is 79.0 Å². The van der Waals surface area contributed by atoms with Crippen molar-refractivity contribution in [1.82, 2.24) is 10.2 Å². The van der Waals surface area contributed by atoms with Crippen molar-refractivity contribution in [1.29, 1.82) is 0 Å². The SMILES string of the molecule is CCCCNC(=O)[C@H](Cc1ccccc1)N(Cc1ccc(Cl)c(Cl)c1)C(=O)CN(c1cccc(OC)c1)S(C)(=O)=O. The monoisotopic (exact) mass is 619 g/mol. The molecule has 1 N–H and O–H groups in total. The number of rotatable bonds is 14. The average Bonchev–Trinajstić information content (AvgIpc) is 2.95. The number of carbonyl (C=O) groups excluding carboxylic acids is 2. The van der Waals surface area contributed by atoms with E-state index < -0.39 is 28.5 Å². The average molecular weight is 621 g/mol. The fourth-order valence-corrected chi connectivity index (χ4v) is 5.44. The summed E-state index contributed by atoms with van der Waals surface area (Å²) >= 11 is 12.4. The van der Waals surface area contributed by atoms with E-state index in [2.05, 4.69) is 5.32 Å². The summed E-state index contributed by atoms with van der Waals surface area (Å²) in [4.78, 5) is 29.1. The molecule has 0 saturated carbocycles. The second-order valence-electron chi connectivity index (χ2n) is 9.59. The fraction of sp³-hybridized carbons (Fsp3) is 0.333. The number of halogens is 2. The summed E-state index contributed by atoms with van der Waals surface area (Å²) in [7, 11) is -2.42. The zero-order valence-corrected chi connectivity index (χ0v) is 25.7. The zero-order chi connectivity index (χ0) is 30.0. The van der Waals surface area contributed by atoms with Crippen molar-refractivity contribution in [2.75, 3.05) is 30.8 Å². The van der Waals surface area contributed by atoms with Crippen molar-refractivity contribution in [2.45, 2.75) is 38.8 Å². The maximum atomic E-state index is 14.1. The third-order valence-corrected chi connectivity index (χ3v) is 8.34. The smallest absolute Gasteiger partial charge is 0.244 e. The summed E-state index contributed by atoms with van der Waals surface area (Å²) in [5, 5.41) is 3.61. The molecule has 0 aliphatic rings. The molecule has 3 aromatic carbocycles. The van der Waals surface area contributed by atoms with E-state index in [1.807, 2.05) is 37.3 Å². The molecular weight excluding hydrogens is 585 g/mol. The lowest BCUT2D eigenvalue weighted by Gasteiger charge is -2.33. The van der Waals surface area contributed by atoms with Crippen LogP contribution in [0.2, 0.25) is 10.0 Å². The van der Waals surface area contributed by atoms with Gasteiger partial charge in [-0.3, -0.25) is 13.9 Å². The van der Waals surface area contributed by atoms with Gasteiger partial charge in [0.2, 0.25) is 21.8 Å². The predicted octanol–water partition coefficient (Wildman–Crippen LogP) is 5.32. The number of benzene rings is 3. The molecule has 0 aliphatic heterocycles. The van der Waals surface area contributed by atoms with E-state index in [1.54, 1.807) is 36.4 Å². The van der Waals surface area contributed by atoms with E-state index in [4.69, 9.17) is 27.9 Å². The molecule has 41 heavy (non-hydrogen) atoms. The number of amides is 2. The molecule has 0 unspecified atom stereocenters. The van der Waals surface area contributed by atoms with Gasteiger partial charge >= 0.3 is 0 Å². The van der Waals surface area contributed by atoms with Crippen LogP contribution in [0.25, 0.3) is 0 Å². The predicted molar refractivity (Wildman–Crippen MR) is 164 cm³/mol. The molecule has 2 amide bonds. The van der Waals surface area contributed by atoms with Crippen molar-refractivity contribution in [3.05, 3.63) is 94.0 Å². The molecule has 0 heterocycles. The van der Waals surface area contributed by atoms with Crippen LogP contribution >= 0.6 is 23.2 Å². The third kappa shape index (κ3) is 9.38. The highest BCUT2D eigenvalue weighted by atomic mass is 35.5. The number of carbonyl (C=O) groups is 2. The molecule has 220 valence electrons. The first-order valence-electron chi connectivity index (χ1n) is 13.2. The van der Waals surface area contributed by atoms with Gasteiger partial charge in [-0.05, 0) is 41.8 Å². The van der Waals surface area contributed by atoms with Gasteiger partial charge in [0.05, 0.1) is 29.1 Å². The minimum absolute atomic E-state index is 0.00410. The molecule has 11 heteroatoms. The highest BCUT2D eigenvalue weighted by Crippen LogP contribution is 2.26. The lowest BCUT2D eigenvalue weighted by Crippen LogP contribution is -2.53. The normalized spacial score (nSPS) is 11.9. The van der Waals surface area contributed by atoms with Gasteiger partial charge in [0.15, 0.2) is 0 Å². The Labute approximate surface area is 252 Å². The molecule has 0 saturated heterocycles. The van der Waals surface area contributed by atoms with Gasteiger partial charge in [-0.25, -0.2) is 8.42 Å². The number of anilines is 1. The van der Waals surface area contributed by atoms with Crippen LogP contribution in [0, 0.1) is 0 Å². The number of sulfonamides is 1. The summed E-state index contributed by atoms with van der Waals surface area (Å²) < 4.78 is 32.1. The minimum Gasteiger partial charge on any atom is -0.497 e. The maximum Gasteiger partial charge on any atom is 0.244 e. The van der Waals surface area contributed by atoms with Gasteiger partial charge in [0, 0.05) is 25.6 Å². The number of unbranched alkanes of at least 4 members (excludes halogenated alkanes) is 1. The lowest BCUT2D eigenvalue weighted by atomic mass is 10.0. The number of methoxy groups -OCH3 is 1. The van der Waals surface area contributed by atoms with Crippen molar-refractivity contribution >= 4 is 50.7 Å². The highest BCUT2D eigenvalue weighted by Gasteiger charge is 2.33. The van der Waals surface area contributed by atoms with Crippen LogP contribution in [0.15, 0.2) is 72.8 Å². The Balaban J connectivity index is 2.06. The van der Waals surface area contributed by atoms with Gasteiger partial charge in [-0.15, -0.1) is 0 Å². The fourth-order valence-electron chi connectivity index (χ4n) is 4.27. The highest BCUT2D eigenvalue weighted by molar-refractivity contribution is 7.92. The largest absolute Gasteiger partial charge is 0.497 e. The van der Waals surface area contributed by atoms with Crippen molar-refractivity contribution < 1.29 is 22.7 Å². The standard InChI is InChI=1S/C30H35Cl2N3O5S/c1-4-5-16-33-30(37)28(18-22-10-7-6-8-11-22)34(20-23-14-15-26(31)27(32)17-23)29(36)21-35(41(3,38)39)24-12-9-13-25(19-24)40-2/h6-15,17,19,28H,4-5,16,18,20-21H2,1-3H3,(H,33,37)/t28-/m0/s1. The van der Waals surface area contributed by atoms with Gasteiger partial charge in [0.25, 0.3) is 0 Å². The van der Waals surface area contributed by atoms with Gasteiger partial charge < -0.3 is 15.0 Å². The molecule has 0 radical (unpaired) electrons. The summed E-state index contributed by atoms with van der Waals surface area (Å²) in [6.07, 6.45) is 2.92. The van der Waals surface area contributed by atoms with E-state index in [1.165, 1.54) is 18.1 Å². The van der Waals surface area contributed by atoms with Crippen molar-refractivity contribution in [3.63, 3.8) is 0 Å². The molecule has 1 atom stereocenters. The van der Waals surface area contributed by atoms with Crippen LogP contribution in [-0.4, -0.2) is 57.6 Å². The molecule has 3 rings (SSSR count). The topological polar surface area (TPSA) is 96.0 Å². The Hall–Kier alpha value is -3.27. The molecule has 0 aliphatic carbocycles. The number of hydrogen-bond acceptors (Lipinski definition) is 5. The van der Waals surface area contributed by atoms with E-state index in [-0.39, 0.29) is 24.6 Å². The summed E-state index contributed by atoms with van der Waals surface area (Å²) in [5.41, 5.74) is 1.75. The van der Waals surface area contributed by atoms with Crippen LogP contribution < -0.4 is 14.4 Å². The Morgan fingerprint density at radius 1 is 0.951 bits per heavy atom. The zero-order valence-electron chi connectivity index (χ0n) is 23.3. The van der Waals surface area contributed by atoms with Crippen molar-refractivity contribution in [2.24, 2.45) is 0 Å². The number of nitrogens with zero attached hydrogens (tertiary/aromatic N) is 2. The molecule has 8 nitrogen and oxygen atoms in total. The third-order valence-electron chi connectivity index (χ3n) is 6.46. The summed E-state index contributed by atoms with van der Waals surface area (Å²) in [6, 6.07) is 19.8. The maximum absolute atomic E-state index is 14.1. The van der Waals surface area contributed by atoms with Crippen LogP contribution in [0.5, 0.6) is 5.75 Å². The lowest BCUT2D eigenvalue weighted by molar-refractivity contribution is -0.140. The van der Waals surface area contributed by atoms with E-state index in [0.29, 0.717) is 27.9 Å². The van der Waals surface area contributed by atoms with Crippen LogP contribution in [0.3, 0.4) is 0 Å². The van der Waals surface area contributed by atoms with E-state index in [0.717, 1.165) is 29.0 Å². The van der Waals surface area contributed by atoms with Crippen LogP contribution in [0.4, 0.5) is 5.69 Å². The van der Waals surface area contributed by atoms with Crippen LogP contribution in [0.1, 0.15) is 30.9 Å². The van der Waals surface area contributed by atoms with Gasteiger partial charge in [-0.2, -0.15) is 0 Å². The molecule has 0 aromatic heterocycles. The quantitative estimate of drug-likeness (QED) is 0.246. The molecule has 0 spiro atoms. The molecule has 3 aromatic rings. The van der Waals surface area contributed by atoms with Gasteiger partial charge in [0.1, 0.15) is 18.3 Å². The van der Waals surface area contributed by atoms with Crippen molar-refractivity contribution in [3.8, 4) is 5.75 Å².